The maximum absolute atomic E-state index is 0. The Labute approximate surface area is 41.9 Å². The summed E-state index contributed by atoms with van der Waals surface area (Å²) in [4.78, 5) is 0. The molecule has 0 heterocycles. The van der Waals surface area contributed by atoms with Crippen molar-refractivity contribution in [2.45, 2.75) is 0 Å². The van der Waals surface area contributed by atoms with Gasteiger partial charge in [-0.1, -0.05) is 0 Å². The van der Waals surface area contributed by atoms with Crippen molar-refractivity contribution < 1.29 is 40.9 Å². The van der Waals surface area contributed by atoms with Crippen LogP contribution in [0, 0.1) is 0 Å². The Kier molecular flexibility index (Phi) is 2260000. The zero-order valence-electron chi connectivity index (χ0n) is 2.30. The molecule has 6 heteroatoms. The summed E-state index contributed by atoms with van der Waals surface area (Å²) in [6.45, 7) is 0. The molecule has 41 valence electrons. The number of halogens is 5. The van der Waals surface area contributed by atoms with Crippen LogP contribution < -0.4 is 23.5 Å². The average Bonchev–Trinajstić information content (AvgIpc) is 0. The average molecular weight is 147 g/mol. The van der Waals surface area contributed by atoms with E-state index in [0.29, 0.717) is 0 Å². The van der Waals surface area contributed by atoms with E-state index in [1.807, 2.05) is 0 Å². The van der Waals surface area contributed by atoms with E-state index < -0.39 is 0 Å². The van der Waals surface area contributed by atoms with Crippen molar-refractivity contribution >= 4 is 0 Å². The molecule has 0 saturated carbocycles. The van der Waals surface area contributed by atoms with E-state index in [9.17, 15) is 0 Å². The summed E-state index contributed by atoms with van der Waals surface area (Å²) >= 11 is 0. The van der Waals surface area contributed by atoms with Crippen molar-refractivity contribution in [2.75, 3.05) is 0 Å². The summed E-state index contributed by atoms with van der Waals surface area (Å²) in [5.74, 6) is 0. The number of hydrogen-bond donors (Lipinski definition) is 0. The third-order valence-electron chi connectivity index (χ3n) is 0. The molecule has 0 aromatic carbocycles. The van der Waals surface area contributed by atoms with Crippen LogP contribution in [0.15, 0.2) is 0 Å². The molecule has 0 spiro atoms. The first-order valence-corrected chi connectivity index (χ1v) is 0. The third kappa shape index (κ3) is 1270. The van der Waals surface area contributed by atoms with Crippen LogP contribution in [0.4, 0.5) is 0 Å². The molecule has 0 atom stereocenters. The van der Waals surface area contributed by atoms with Crippen molar-refractivity contribution in [3.05, 3.63) is 0 Å². The van der Waals surface area contributed by atoms with Gasteiger partial charge in [-0.25, -0.2) is 0 Å². The zero-order valence-corrected chi connectivity index (χ0v) is 3.57. The van der Waals surface area contributed by atoms with Crippen molar-refractivity contribution in [2.24, 2.45) is 0 Å². The molecule has 0 fully saturated rings. The molecule has 6 heavy (non-hydrogen) atoms. The summed E-state index contributed by atoms with van der Waals surface area (Å²) in [6, 6.07) is 0. The van der Waals surface area contributed by atoms with Crippen LogP contribution in [0.25, 0.3) is 0 Å². The molecule has 0 aliphatic heterocycles. The van der Waals surface area contributed by atoms with E-state index >= 15 is 0 Å². The summed E-state index contributed by atoms with van der Waals surface area (Å²) in [7, 11) is 0. The summed E-state index contributed by atoms with van der Waals surface area (Å²) in [5, 5.41) is 0. The van der Waals surface area contributed by atoms with Gasteiger partial charge < -0.3 is 23.5 Å². The first kappa shape index (κ1) is 4990. The van der Waals surface area contributed by atoms with E-state index in [2.05, 4.69) is 0 Å². The fourth-order valence-electron chi connectivity index (χ4n) is 0. The van der Waals surface area contributed by atoms with Crippen molar-refractivity contribution in [1.82, 2.24) is 0 Å². The van der Waals surface area contributed by atoms with Crippen LogP contribution in [0.3, 0.4) is 0 Å². The smallest absolute Gasteiger partial charge is 1.00 e. The molecule has 0 bridgehead atoms. The number of rotatable bonds is 0. The summed E-state index contributed by atoms with van der Waals surface area (Å²) < 4.78 is 0. The molecular weight excluding hydrogens is 147 g/mol. The second kappa shape index (κ2) is 2720. The van der Waals surface area contributed by atoms with Gasteiger partial charge in [0.05, 0.1) is 0 Å². The van der Waals surface area contributed by atoms with Gasteiger partial charge >= 0.3 is 17.4 Å². The van der Waals surface area contributed by atoms with Gasteiger partial charge in [0.2, 0.25) is 0 Å². The van der Waals surface area contributed by atoms with Crippen LogP contribution in [0.1, 0.15) is 0 Å². The molecule has 0 nitrogen and oxygen atoms in total. The van der Waals surface area contributed by atoms with E-state index in [0.717, 1.165) is 0 Å². The van der Waals surface area contributed by atoms with Gasteiger partial charge in [-0.15, -0.1) is 0 Å². The SMILES string of the molecule is [Cr+5].[F-].[F-].[F-].[F-].[F-]. The molecule has 0 aromatic rings. The first-order chi connectivity index (χ1) is 0. The molecule has 0 unspecified atom stereocenters. The standard InChI is InChI=1S/Cr.5FH/h;5*1H/q+5;;;;;/p-5. The Hall–Kier alpha value is 0.182. The van der Waals surface area contributed by atoms with E-state index in [1.54, 1.807) is 0 Å². The normalized spacial score (nSPS) is 0. The first-order valence-electron chi connectivity index (χ1n) is 0. The van der Waals surface area contributed by atoms with Gasteiger partial charge in [0.25, 0.3) is 0 Å². The van der Waals surface area contributed by atoms with Crippen molar-refractivity contribution in [3.63, 3.8) is 0 Å². The van der Waals surface area contributed by atoms with E-state index in [-0.39, 0.29) is 40.9 Å². The van der Waals surface area contributed by atoms with E-state index in [4.69, 9.17) is 0 Å². The van der Waals surface area contributed by atoms with Gasteiger partial charge in [0.15, 0.2) is 0 Å². The number of hydrogen-bond acceptors (Lipinski definition) is 0. The van der Waals surface area contributed by atoms with E-state index in [1.165, 1.54) is 0 Å². The van der Waals surface area contributed by atoms with Crippen LogP contribution >= 0.6 is 0 Å². The van der Waals surface area contributed by atoms with Gasteiger partial charge in [-0.2, -0.15) is 0 Å². The Balaban J connectivity index is 0. The topological polar surface area (TPSA) is 0 Å². The summed E-state index contributed by atoms with van der Waals surface area (Å²) in [6.07, 6.45) is 0. The third-order valence-corrected chi connectivity index (χ3v) is 0. The van der Waals surface area contributed by atoms with Gasteiger partial charge in [0.1, 0.15) is 0 Å². The molecule has 0 aliphatic rings. The van der Waals surface area contributed by atoms with Crippen LogP contribution in [0.5, 0.6) is 0 Å². The molecule has 0 amide bonds. The molecule has 0 aliphatic carbocycles. The maximum atomic E-state index is 0. The Bertz CT molecular complexity index is 3.90. The molecule has 0 aromatic heterocycles. The van der Waals surface area contributed by atoms with Gasteiger partial charge in [-0.3, -0.25) is 0 Å². The second-order valence-corrected chi connectivity index (χ2v) is 0. The monoisotopic (exact) mass is 147 g/mol. The van der Waals surface area contributed by atoms with Crippen molar-refractivity contribution in [1.29, 1.82) is 0 Å². The quantitative estimate of drug-likeness (QED) is 0.298. The Morgan fingerprint density at radius 2 is 0.333 bits per heavy atom. The molecule has 0 rings (SSSR count). The predicted octanol–water partition coefficient (Wildman–Crippen LogP) is -15.0. The van der Waals surface area contributed by atoms with Crippen LogP contribution in [0.2, 0.25) is 0 Å². The van der Waals surface area contributed by atoms with Crippen molar-refractivity contribution in [3.8, 4) is 0 Å². The molecule has 1 radical (unpaired) electrons. The fourth-order valence-corrected chi connectivity index (χ4v) is 0. The predicted molar refractivity (Wildman–Crippen MR) is 0 cm³/mol. The van der Waals surface area contributed by atoms with Crippen LogP contribution in [-0.4, -0.2) is 0 Å². The largest absolute Gasteiger partial charge is 5.00 e. The van der Waals surface area contributed by atoms with Gasteiger partial charge in [0, 0.05) is 0 Å². The Morgan fingerprint density at radius 3 is 0.333 bits per heavy atom. The minimum atomic E-state index is 0. The minimum absolute atomic E-state index is 0. The Morgan fingerprint density at radius 1 is 0.333 bits per heavy atom. The minimum Gasteiger partial charge on any atom is -1.00 e. The van der Waals surface area contributed by atoms with Crippen LogP contribution in [-0.2, 0) is 17.4 Å². The van der Waals surface area contributed by atoms with Gasteiger partial charge in [-0.05, 0) is 0 Å². The fraction of sp³-hybridized carbons (Fsp3) is 0. The molecule has 0 N–H and O–H groups in total. The maximum Gasteiger partial charge on any atom is 5.00 e. The molecule has 0 saturated heterocycles. The zero-order chi connectivity index (χ0) is 0. The molecular formula is CrF5. The summed E-state index contributed by atoms with van der Waals surface area (Å²) in [5.41, 5.74) is 0. The second-order valence-electron chi connectivity index (χ2n) is 0.